The molecule has 2 aliphatic rings. The fourth-order valence-corrected chi connectivity index (χ4v) is 2.37. The third-order valence-electron chi connectivity index (χ3n) is 3.75. The Balaban J connectivity index is 1.56. The summed E-state index contributed by atoms with van der Waals surface area (Å²) in [5, 5.41) is 13.0. The Morgan fingerprint density at radius 1 is 1.27 bits per heavy atom. The Bertz CT molecular complexity index is 181. The maximum absolute atomic E-state index is 9.49. The molecule has 88 valence electrons. The second-order valence-electron chi connectivity index (χ2n) is 5.15. The maximum atomic E-state index is 9.49. The molecule has 1 atom stereocenters. The van der Waals surface area contributed by atoms with Gasteiger partial charge in [-0.3, -0.25) is 0 Å². The van der Waals surface area contributed by atoms with Gasteiger partial charge in [-0.25, -0.2) is 0 Å². The fourth-order valence-electron chi connectivity index (χ4n) is 2.37. The number of hydrogen-bond donors (Lipinski definition) is 2. The Kier molecular flexibility index (Phi) is 4.00. The normalized spacial score (nSPS) is 26.8. The minimum Gasteiger partial charge on any atom is -0.393 e. The number of likely N-dealkylation sites (tertiary alicyclic amines) is 1. The van der Waals surface area contributed by atoms with Crippen LogP contribution in [0.2, 0.25) is 0 Å². The molecule has 2 N–H and O–H groups in total. The molecule has 0 bridgehead atoms. The number of aliphatic hydroxyl groups excluding tert-OH is 1. The highest BCUT2D eigenvalue weighted by Gasteiger charge is 2.23. The van der Waals surface area contributed by atoms with E-state index in [4.69, 9.17) is 0 Å². The molecule has 1 heterocycles. The highest BCUT2D eigenvalue weighted by molar-refractivity contribution is 4.82. The summed E-state index contributed by atoms with van der Waals surface area (Å²) in [6.07, 6.45) is 4.98. The summed E-state index contributed by atoms with van der Waals surface area (Å²) in [6.45, 7) is 6.59. The van der Waals surface area contributed by atoms with Gasteiger partial charge in [-0.05, 0) is 51.6 Å². The van der Waals surface area contributed by atoms with E-state index in [1.54, 1.807) is 0 Å². The molecule has 1 aliphatic heterocycles. The molecule has 0 spiro atoms. The molecule has 0 amide bonds. The van der Waals surface area contributed by atoms with Crippen molar-refractivity contribution < 1.29 is 5.11 Å². The van der Waals surface area contributed by atoms with Crippen LogP contribution in [-0.2, 0) is 0 Å². The minimum absolute atomic E-state index is 0.114. The molecule has 2 fully saturated rings. The third-order valence-corrected chi connectivity index (χ3v) is 3.75. The zero-order chi connectivity index (χ0) is 10.7. The van der Waals surface area contributed by atoms with Crippen LogP contribution in [0.5, 0.6) is 0 Å². The van der Waals surface area contributed by atoms with Crippen molar-refractivity contribution in [3.05, 3.63) is 0 Å². The number of hydrogen-bond acceptors (Lipinski definition) is 3. The average molecular weight is 212 g/mol. The summed E-state index contributed by atoms with van der Waals surface area (Å²) in [7, 11) is 0. The molecule has 1 aliphatic carbocycles. The SMILES string of the molecule is CC(O)C1CCN(CCNC2CC2)CC1. The summed E-state index contributed by atoms with van der Waals surface area (Å²) in [5.41, 5.74) is 0. The quantitative estimate of drug-likeness (QED) is 0.708. The first-order valence-corrected chi connectivity index (χ1v) is 6.39. The predicted molar refractivity (Wildman–Crippen MR) is 61.9 cm³/mol. The molecule has 0 aromatic rings. The van der Waals surface area contributed by atoms with Crippen molar-refractivity contribution in [3.8, 4) is 0 Å². The first kappa shape index (κ1) is 11.4. The van der Waals surface area contributed by atoms with Gasteiger partial charge < -0.3 is 15.3 Å². The Hall–Kier alpha value is -0.120. The lowest BCUT2D eigenvalue weighted by molar-refractivity contribution is 0.0722. The van der Waals surface area contributed by atoms with Crippen LogP contribution < -0.4 is 5.32 Å². The molecular weight excluding hydrogens is 188 g/mol. The van der Waals surface area contributed by atoms with Gasteiger partial charge in [0.1, 0.15) is 0 Å². The van der Waals surface area contributed by atoms with Crippen molar-refractivity contribution in [1.29, 1.82) is 0 Å². The van der Waals surface area contributed by atoms with Gasteiger partial charge in [-0.15, -0.1) is 0 Å². The number of piperidine rings is 1. The molecule has 3 nitrogen and oxygen atoms in total. The highest BCUT2D eigenvalue weighted by atomic mass is 16.3. The van der Waals surface area contributed by atoms with Crippen LogP contribution in [0.1, 0.15) is 32.6 Å². The fraction of sp³-hybridized carbons (Fsp3) is 1.00. The zero-order valence-corrected chi connectivity index (χ0v) is 9.78. The van der Waals surface area contributed by atoms with E-state index in [0.717, 1.165) is 12.6 Å². The Labute approximate surface area is 92.8 Å². The summed E-state index contributed by atoms with van der Waals surface area (Å²) >= 11 is 0. The maximum Gasteiger partial charge on any atom is 0.0541 e. The van der Waals surface area contributed by atoms with Crippen LogP contribution in [0.15, 0.2) is 0 Å². The number of nitrogens with one attached hydrogen (secondary N) is 1. The van der Waals surface area contributed by atoms with Crippen LogP contribution in [0.3, 0.4) is 0 Å². The molecule has 0 radical (unpaired) electrons. The Morgan fingerprint density at radius 2 is 1.93 bits per heavy atom. The lowest BCUT2D eigenvalue weighted by Gasteiger charge is -2.33. The van der Waals surface area contributed by atoms with Crippen LogP contribution in [-0.4, -0.2) is 48.3 Å². The largest absolute Gasteiger partial charge is 0.393 e. The summed E-state index contributed by atoms with van der Waals surface area (Å²) in [6, 6.07) is 0.833. The van der Waals surface area contributed by atoms with Crippen LogP contribution in [0.4, 0.5) is 0 Å². The van der Waals surface area contributed by atoms with Crippen LogP contribution in [0, 0.1) is 5.92 Å². The van der Waals surface area contributed by atoms with Gasteiger partial charge in [0.15, 0.2) is 0 Å². The molecule has 0 aromatic heterocycles. The van der Waals surface area contributed by atoms with Crippen molar-refractivity contribution in [1.82, 2.24) is 10.2 Å². The minimum atomic E-state index is -0.114. The lowest BCUT2D eigenvalue weighted by atomic mass is 9.92. The summed E-state index contributed by atoms with van der Waals surface area (Å²) in [4.78, 5) is 2.52. The molecule has 3 heteroatoms. The highest BCUT2D eigenvalue weighted by Crippen LogP contribution is 2.20. The van der Waals surface area contributed by atoms with Gasteiger partial charge in [0, 0.05) is 19.1 Å². The number of nitrogens with zero attached hydrogens (tertiary/aromatic N) is 1. The average Bonchev–Trinajstić information content (AvgIpc) is 3.02. The number of aliphatic hydroxyl groups is 1. The van der Waals surface area contributed by atoms with Crippen molar-refractivity contribution >= 4 is 0 Å². The van der Waals surface area contributed by atoms with Gasteiger partial charge >= 0.3 is 0 Å². The topological polar surface area (TPSA) is 35.5 Å². The van der Waals surface area contributed by atoms with E-state index in [9.17, 15) is 5.11 Å². The molecule has 15 heavy (non-hydrogen) atoms. The van der Waals surface area contributed by atoms with Gasteiger partial charge in [0.05, 0.1) is 6.10 Å². The van der Waals surface area contributed by atoms with E-state index in [0.29, 0.717) is 5.92 Å². The lowest BCUT2D eigenvalue weighted by Crippen LogP contribution is -2.40. The molecule has 1 saturated heterocycles. The van der Waals surface area contributed by atoms with E-state index in [1.165, 1.54) is 45.3 Å². The molecule has 0 aromatic carbocycles. The molecule has 2 rings (SSSR count). The Morgan fingerprint density at radius 3 is 2.47 bits per heavy atom. The van der Waals surface area contributed by atoms with Gasteiger partial charge in [-0.2, -0.15) is 0 Å². The molecular formula is C12H24N2O. The van der Waals surface area contributed by atoms with Crippen molar-refractivity contribution in [2.45, 2.75) is 44.8 Å². The first-order valence-electron chi connectivity index (χ1n) is 6.39. The van der Waals surface area contributed by atoms with Crippen molar-refractivity contribution in [2.24, 2.45) is 5.92 Å². The third kappa shape index (κ3) is 3.74. The zero-order valence-electron chi connectivity index (χ0n) is 9.78. The first-order chi connectivity index (χ1) is 7.25. The van der Waals surface area contributed by atoms with Crippen molar-refractivity contribution in [2.75, 3.05) is 26.2 Å². The van der Waals surface area contributed by atoms with Gasteiger partial charge in [0.2, 0.25) is 0 Å². The smallest absolute Gasteiger partial charge is 0.0541 e. The van der Waals surface area contributed by atoms with E-state index >= 15 is 0 Å². The molecule has 1 unspecified atom stereocenters. The van der Waals surface area contributed by atoms with E-state index in [-0.39, 0.29) is 6.10 Å². The monoisotopic (exact) mass is 212 g/mol. The summed E-state index contributed by atoms with van der Waals surface area (Å²) < 4.78 is 0. The van der Waals surface area contributed by atoms with E-state index in [1.807, 2.05) is 6.92 Å². The summed E-state index contributed by atoms with van der Waals surface area (Å²) in [5.74, 6) is 0.539. The molecule has 1 saturated carbocycles. The van der Waals surface area contributed by atoms with Crippen molar-refractivity contribution in [3.63, 3.8) is 0 Å². The van der Waals surface area contributed by atoms with Crippen LogP contribution in [0.25, 0.3) is 0 Å². The second kappa shape index (κ2) is 5.28. The van der Waals surface area contributed by atoms with E-state index in [2.05, 4.69) is 10.2 Å². The second-order valence-corrected chi connectivity index (χ2v) is 5.15. The number of rotatable bonds is 5. The van der Waals surface area contributed by atoms with Gasteiger partial charge in [0.25, 0.3) is 0 Å². The van der Waals surface area contributed by atoms with Crippen LogP contribution >= 0.6 is 0 Å². The predicted octanol–water partition coefficient (Wildman–Crippen LogP) is 0.831. The standard InChI is InChI=1S/C12H24N2O/c1-10(15)11-4-7-14(8-5-11)9-6-13-12-2-3-12/h10-13,15H,2-9H2,1H3. The van der Waals surface area contributed by atoms with E-state index < -0.39 is 0 Å². The van der Waals surface area contributed by atoms with Gasteiger partial charge in [-0.1, -0.05) is 0 Å².